The third-order valence-electron chi connectivity index (χ3n) is 3.90. The minimum absolute atomic E-state index is 0.611. The van der Waals surface area contributed by atoms with Gasteiger partial charge in [0.05, 0.1) is 5.41 Å². The molecule has 0 aromatic heterocycles. The number of alkyl halides is 2. The fourth-order valence-corrected chi connectivity index (χ4v) is 2.83. The van der Waals surface area contributed by atoms with Crippen LogP contribution in [-0.4, -0.2) is 5.92 Å². The van der Waals surface area contributed by atoms with Crippen LogP contribution in [-0.2, 0) is 5.41 Å². The molecule has 16 heavy (non-hydrogen) atoms. The summed E-state index contributed by atoms with van der Waals surface area (Å²) in [6.07, 6.45) is 3.05. The quantitative estimate of drug-likeness (QED) is 0.695. The molecule has 1 saturated carbocycles. The van der Waals surface area contributed by atoms with Gasteiger partial charge in [0, 0.05) is 6.92 Å². The fraction of sp³-hybridized carbons (Fsp3) is 0.571. The molecule has 0 radical (unpaired) electrons. The molecule has 0 unspecified atom stereocenters. The highest BCUT2D eigenvalue weighted by atomic mass is 19.3. The SMILES string of the molecule is Cc1ccc(C2(C(C)(F)F)CCCC2)cc1. The third kappa shape index (κ3) is 1.74. The van der Waals surface area contributed by atoms with Crippen molar-refractivity contribution >= 4 is 0 Å². The summed E-state index contributed by atoms with van der Waals surface area (Å²) < 4.78 is 27.7. The summed E-state index contributed by atoms with van der Waals surface area (Å²) in [6, 6.07) is 7.61. The van der Waals surface area contributed by atoms with Crippen LogP contribution in [0, 0.1) is 6.92 Å². The highest BCUT2D eigenvalue weighted by molar-refractivity contribution is 5.32. The van der Waals surface area contributed by atoms with Crippen LogP contribution in [0.5, 0.6) is 0 Å². The minimum Gasteiger partial charge on any atom is -0.206 e. The number of halogens is 2. The summed E-state index contributed by atoms with van der Waals surface area (Å²) >= 11 is 0. The number of aryl methyl sites for hydroxylation is 1. The maximum absolute atomic E-state index is 13.9. The van der Waals surface area contributed by atoms with E-state index in [4.69, 9.17) is 0 Å². The molecule has 0 amide bonds. The van der Waals surface area contributed by atoms with Gasteiger partial charge in [0.2, 0.25) is 0 Å². The van der Waals surface area contributed by atoms with E-state index in [1.165, 1.54) is 0 Å². The van der Waals surface area contributed by atoms with E-state index in [2.05, 4.69) is 0 Å². The van der Waals surface area contributed by atoms with Crippen molar-refractivity contribution in [2.75, 3.05) is 0 Å². The molecular formula is C14H18F2. The maximum atomic E-state index is 13.9. The van der Waals surface area contributed by atoms with Crippen molar-refractivity contribution in [3.63, 3.8) is 0 Å². The summed E-state index contributed by atoms with van der Waals surface area (Å²) in [6.45, 7) is 3.05. The lowest BCUT2D eigenvalue weighted by atomic mass is 9.74. The van der Waals surface area contributed by atoms with E-state index in [1.54, 1.807) is 0 Å². The Morgan fingerprint density at radius 2 is 1.56 bits per heavy atom. The molecule has 1 aliphatic rings. The Kier molecular flexibility index (Phi) is 2.77. The van der Waals surface area contributed by atoms with Crippen molar-refractivity contribution in [1.29, 1.82) is 0 Å². The summed E-state index contributed by atoms with van der Waals surface area (Å²) in [5, 5.41) is 0. The summed E-state index contributed by atoms with van der Waals surface area (Å²) in [5.41, 5.74) is 1.01. The van der Waals surface area contributed by atoms with Crippen LogP contribution in [0.2, 0.25) is 0 Å². The molecule has 0 atom stereocenters. The monoisotopic (exact) mass is 224 g/mol. The second kappa shape index (κ2) is 3.83. The molecule has 0 spiro atoms. The van der Waals surface area contributed by atoms with E-state index < -0.39 is 11.3 Å². The van der Waals surface area contributed by atoms with Gasteiger partial charge < -0.3 is 0 Å². The second-order valence-electron chi connectivity index (χ2n) is 5.04. The van der Waals surface area contributed by atoms with Crippen molar-refractivity contribution in [2.24, 2.45) is 0 Å². The van der Waals surface area contributed by atoms with Gasteiger partial charge in [-0.3, -0.25) is 0 Å². The van der Waals surface area contributed by atoms with E-state index in [1.807, 2.05) is 31.2 Å². The van der Waals surface area contributed by atoms with Crippen LogP contribution in [0.3, 0.4) is 0 Å². The Labute approximate surface area is 95.7 Å². The Bertz CT molecular complexity index is 353. The number of rotatable bonds is 2. The van der Waals surface area contributed by atoms with Crippen molar-refractivity contribution in [1.82, 2.24) is 0 Å². The van der Waals surface area contributed by atoms with E-state index in [-0.39, 0.29) is 0 Å². The van der Waals surface area contributed by atoms with E-state index in [9.17, 15) is 8.78 Å². The molecular weight excluding hydrogens is 206 g/mol. The summed E-state index contributed by atoms with van der Waals surface area (Å²) in [7, 11) is 0. The molecule has 2 heteroatoms. The van der Waals surface area contributed by atoms with Crippen LogP contribution in [0.1, 0.15) is 43.7 Å². The van der Waals surface area contributed by atoms with Crippen LogP contribution >= 0.6 is 0 Å². The Morgan fingerprint density at radius 3 is 2.00 bits per heavy atom. The largest absolute Gasteiger partial charge is 0.254 e. The molecule has 1 fully saturated rings. The van der Waals surface area contributed by atoms with Crippen LogP contribution in [0.15, 0.2) is 24.3 Å². The molecule has 0 aliphatic heterocycles. The van der Waals surface area contributed by atoms with Gasteiger partial charge >= 0.3 is 0 Å². The van der Waals surface area contributed by atoms with E-state index in [0.717, 1.165) is 30.9 Å². The predicted octanol–water partition coefficient (Wildman–Crippen LogP) is 4.46. The lowest BCUT2D eigenvalue weighted by molar-refractivity contribution is -0.0599. The first kappa shape index (κ1) is 11.6. The third-order valence-corrected chi connectivity index (χ3v) is 3.90. The maximum Gasteiger partial charge on any atom is 0.254 e. The van der Waals surface area contributed by atoms with Gasteiger partial charge in [-0.2, -0.15) is 0 Å². The molecule has 0 saturated heterocycles. The highest BCUT2D eigenvalue weighted by Crippen LogP contribution is 2.51. The first-order chi connectivity index (χ1) is 7.46. The van der Waals surface area contributed by atoms with Crippen molar-refractivity contribution in [3.8, 4) is 0 Å². The van der Waals surface area contributed by atoms with Crippen molar-refractivity contribution < 1.29 is 8.78 Å². The zero-order valence-electron chi connectivity index (χ0n) is 9.89. The smallest absolute Gasteiger partial charge is 0.206 e. The van der Waals surface area contributed by atoms with E-state index >= 15 is 0 Å². The molecule has 0 heterocycles. The zero-order chi connectivity index (χ0) is 11.8. The van der Waals surface area contributed by atoms with Crippen molar-refractivity contribution in [3.05, 3.63) is 35.4 Å². The Morgan fingerprint density at radius 1 is 1.06 bits per heavy atom. The zero-order valence-corrected chi connectivity index (χ0v) is 9.89. The highest BCUT2D eigenvalue weighted by Gasteiger charge is 2.52. The van der Waals surface area contributed by atoms with Gasteiger partial charge in [0.1, 0.15) is 0 Å². The van der Waals surface area contributed by atoms with Crippen molar-refractivity contribution in [2.45, 2.75) is 50.9 Å². The van der Waals surface area contributed by atoms with Gasteiger partial charge in [0.15, 0.2) is 0 Å². The molecule has 1 aliphatic carbocycles. The Hall–Kier alpha value is -0.920. The van der Waals surface area contributed by atoms with Crippen LogP contribution in [0.4, 0.5) is 8.78 Å². The molecule has 1 aromatic rings. The summed E-state index contributed by atoms with van der Waals surface area (Å²) in [5.74, 6) is -2.63. The summed E-state index contributed by atoms with van der Waals surface area (Å²) in [4.78, 5) is 0. The number of hydrogen-bond acceptors (Lipinski definition) is 0. The standard InChI is InChI=1S/C14H18F2/c1-11-5-7-12(8-6-11)14(13(2,15)16)9-3-4-10-14/h5-8H,3-4,9-10H2,1-2H3. The molecule has 0 N–H and O–H groups in total. The average molecular weight is 224 g/mol. The molecule has 1 aromatic carbocycles. The average Bonchev–Trinajstić information content (AvgIpc) is 2.68. The van der Waals surface area contributed by atoms with Gasteiger partial charge in [0.25, 0.3) is 5.92 Å². The molecule has 88 valence electrons. The van der Waals surface area contributed by atoms with Gasteiger partial charge in [-0.1, -0.05) is 42.7 Å². The second-order valence-corrected chi connectivity index (χ2v) is 5.04. The first-order valence-electron chi connectivity index (χ1n) is 5.91. The molecule has 0 nitrogen and oxygen atoms in total. The normalized spacial score (nSPS) is 20.0. The predicted molar refractivity (Wildman–Crippen MR) is 61.9 cm³/mol. The van der Waals surface area contributed by atoms with Gasteiger partial charge in [-0.25, -0.2) is 8.78 Å². The number of hydrogen-bond donors (Lipinski definition) is 0. The molecule has 2 rings (SSSR count). The Balaban J connectivity index is 2.44. The fourth-order valence-electron chi connectivity index (χ4n) is 2.83. The topological polar surface area (TPSA) is 0 Å². The lowest BCUT2D eigenvalue weighted by Gasteiger charge is -2.35. The minimum atomic E-state index is -2.63. The van der Waals surface area contributed by atoms with Gasteiger partial charge in [-0.05, 0) is 25.3 Å². The molecule has 0 bridgehead atoms. The first-order valence-corrected chi connectivity index (χ1v) is 5.91. The van der Waals surface area contributed by atoms with Crippen LogP contribution < -0.4 is 0 Å². The lowest BCUT2D eigenvalue weighted by Crippen LogP contribution is -2.40. The van der Waals surface area contributed by atoms with Crippen LogP contribution in [0.25, 0.3) is 0 Å². The van der Waals surface area contributed by atoms with E-state index in [0.29, 0.717) is 12.8 Å². The van der Waals surface area contributed by atoms with Gasteiger partial charge in [-0.15, -0.1) is 0 Å². The number of benzene rings is 1.